The summed E-state index contributed by atoms with van der Waals surface area (Å²) in [6, 6.07) is 0. The van der Waals surface area contributed by atoms with E-state index in [1.54, 1.807) is 4.90 Å². The molecule has 0 spiro atoms. The quantitative estimate of drug-likeness (QED) is 0.454. The van der Waals surface area contributed by atoms with Crippen molar-refractivity contribution in [2.75, 3.05) is 17.5 Å². The van der Waals surface area contributed by atoms with E-state index in [2.05, 4.69) is 29.5 Å². The number of rotatable bonds is 6. The Balaban J connectivity index is 2.65. The number of carbonyl (C=O) groups is 1. The molecule has 1 unspecified atom stereocenters. The summed E-state index contributed by atoms with van der Waals surface area (Å²) in [4.78, 5) is 14.1. The summed E-state index contributed by atoms with van der Waals surface area (Å²) < 4.78 is 12.7. The Morgan fingerprint density at radius 2 is 1.77 bits per heavy atom. The first-order chi connectivity index (χ1) is 10.2. The van der Waals surface area contributed by atoms with Gasteiger partial charge in [-0.25, -0.2) is 4.79 Å². The van der Waals surface area contributed by atoms with Gasteiger partial charge in [0.1, 0.15) is 5.60 Å². The summed E-state index contributed by atoms with van der Waals surface area (Å²) in [5.74, 6) is 0. The number of carbonyl (C=O) groups excluding carboxylic acids is 1. The molecule has 0 heterocycles. The minimum atomic E-state index is -0.463. The predicted molar refractivity (Wildman–Crippen MR) is 98.7 cm³/mol. The Morgan fingerprint density at radius 1 is 1.18 bits per heavy atom. The minimum Gasteiger partial charge on any atom is -0.444 e. The summed E-state index contributed by atoms with van der Waals surface area (Å²) >= 11 is 2.36. The molecule has 1 aliphatic carbocycles. The first kappa shape index (κ1) is 20.0. The van der Waals surface area contributed by atoms with E-state index in [0.717, 1.165) is 17.3 Å². The zero-order valence-electron chi connectivity index (χ0n) is 14.8. The Morgan fingerprint density at radius 3 is 2.23 bits per heavy atom. The van der Waals surface area contributed by atoms with Crippen molar-refractivity contribution in [3.63, 3.8) is 0 Å². The first-order valence-electron chi connectivity index (χ1n) is 8.41. The molecule has 0 aromatic carbocycles. The number of hydrogen-bond acceptors (Lipinski definition) is 3. The van der Waals surface area contributed by atoms with Gasteiger partial charge in [-0.05, 0) is 47.5 Å². The van der Waals surface area contributed by atoms with E-state index < -0.39 is 5.60 Å². The third-order valence-electron chi connectivity index (χ3n) is 3.84. The number of likely N-dealkylation sites (N-methyl/N-ethyl adjacent to an activating group) is 1. The molecule has 0 aromatic heterocycles. The highest BCUT2D eigenvalue weighted by Gasteiger charge is 2.33. The van der Waals surface area contributed by atoms with Gasteiger partial charge in [-0.3, -0.25) is 0 Å². The molecule has 0 aliphatic heterocycles. The third-order valence-corrected chi connectivity index (χ3v) is 5.46. The topological polar surface area (TPSA) is 38.8 Å². The van der Waals surface area contributed by atoms with E-state index in [4.69, 9.17) is 9.47 Å². The summed E-state index contributed by atoms with van der Waals surface area (Å²) in [6.07, 6.45) is 6.20. The molecule has 1 rings (SSSR count). The minimum absolute atomic E-state index is 0.252. The molecule has 0 aromatic rings. The van der Waals surface area contributed by atoms with Crippen LogP contribution < -0.4 is 0 Å². The zero-order chi connectivity index (χ0) is 16.8. The van der Waals surface area contributed by atoms with Crippen LogP contribution in [0.5, 0.6) is 0 Å². The van der Waals surface area contributed by atoms with E-state index in [1.807, 2.05) is 27.7 Å². The van der Waals surface area contributed by atoms with Crippen molar-refractivity contribution in [3.8, 4) is 0 Å². The lowest BCUT2D eigenvalue weighted by Gasteiger charge is -2.38. The molecule has 130 valence electrons. The van der Waals surface area contributed by atoms with Gasteiger partial charge in [0.2, 0.25) is 0 Å². The predicted octanol–water partition coefficient (Wildman–Crippen LogP) is 4.79. The number of halogens is 1. The molecule has 1 amide bonds. The molecule has 5 heteroatoms. The van der Waals surface area contributed by atoms with Crippen LogP contribution in [0.2, 0.25) is 0 Å². The lowest BCUT2D eigenvalue weighted by atomic mass is 9.96. The van der Waals surface area contributed by atoms with Crippen LogP contribution in [0.15, 0.2) is 0 Å². The van der Waals surface area contributed by atoms with Crippen molar-refractivity contribution in [2.24, 2.45) is 0 Å². The Hall–Kier alpha value is -0.0400. The third kappa shape index (κ3) is 7.02. The Kier molecular flexibility index (Phi) is 7.92. The van der Waals surface area contributed by atoms with Crippen LogP contribution in [0.3, 0.4) is 0 Å². The van der Waals surface area contributed by atoms with Crippen molar-refractivity contribution < 1.29 is 14.3 Å². The maximum atomic E-state index is 12.3. The number of alkyl halides is 1. The van der Waals surface area contributed by atoms with Crippen LogP contribution in [0.25, 0.3) is 0 Å². The van der Waals surface area contributed by atoms with Crippen LogP contribution in [0.1, 0.15) is 66.7 Å². The number of amides is 1. The molecule has 0 bridgehead atoms. The maximum absolute atomic E-state index is 12.3. The van der Waals surface area contributed by atoms with Crippen LogP contribution >= 0.6 is 22.6 Å². The van der Waals surface area contributed by atoms with Gasteiger partial charge in [-0.2, -0.15) is 0 Å². The van der Waals surface area contributed by atoms with Crippen LogP contribution in [-0.2, 0) is 9.47 Å². The highest BCUT2D eigenvalue weighted by Crippen LogP contribution is 2.27. The lowest BCUT2D eigenvalue weighted by Crippen LogP contribution is -2.49. The molecule has 1 saturated carbocycles. The van der Waals surface area contributed by atoms with E-state index in [0.29, 0.717) is 19.2 Å². The van der Waals surface area contributed by atoms with E-state index in [9.17, 15) is 4.79 Å². The smallest absolute Gasteiger partial charge is 0.410 e. The fourth-order valence-electron chi connectivity index (χ4n) is 2.73. The average molecular weight is 425 g/mol. The zero-order valence-corrected chi connectivity index (χ0v) is 16.9. The number of ether oxygens (including phenoxy) is 2. The largest absolute Gasteiger partial charge is 0.444 e. The second-order valence-electron chi connectivity index (χ2n) is 7.46. The van der Waals surface area contributed by atoms with Gasteiger partial charge >= 0.3 is 6.09 Å². The van der Waals surface area contributed by atoms with Gasteiger partial charge in [0, 0.05) is 11.0 Å². The van der Waals surface area contributed by atoms with E-state index in [1.165, 1.54) is 19.3 Å². The molecule has 0 saturated heterocycles. The lowest BCUT2D eigenvalue weighted by molar-refractivity contribution is -0.0934. The fourth-order valence-corrected chi connectivity index (χ4v) is 3.15. The van der Waals surface area contributed by atoms with Gasteiger partial charge in [-0.1, -0.05) is 41.9 Å². The van der Waals surface area contributed by atoms with Crippen LogP contribution in [-0.4, -0.2) is 45.8 Å². The van der Waals surface area contributed by atoms with E-state index in [-0.39, 0.29) is 11.7 Å². The molecule has 1 aliphatic rings. The Labute approximate surface area is 149 Å². The molecule has 22 heavy (non-hydrogen) atoms. The average Bonchev–Trinajstić information content (AvgIpc) is 2.44. The van der Waals surface area contributed by atoms with Crippen molar-refractivity contribution in [1.29, 1.82) is 0 Å². The summed E-state index contributed by atoms with van der Waals surface area (Å²) in [5.41, 5.74) is -0.773. The molecular weight excluding hydrogens is 393 g/mol. The van der Waals surface area contributed by atoms with Crippen molar-refractivity contribution in [3.05, 3.63) is 0 Å². The standard InChI is InChI=1S/C17H32INO3/c1-6-19(15(20)22-16(2,3)4)13-17(5,12-18)21-14-10-8-7-9-11-14/h14H,6-13H2,1-5H3. The first-order valence-corrected chi connectivity index (χ1v) is 9.93. The molecule has 0 N–H and O–H groups in total. The van der Waals surface area contributed by atoms with Gasteiger partial charge in [0.25, 0.3) is 0 Å². The molecule has 1 fully saturated rings. The van der Waals surface area contributed by atoms with Crippen molar-refractivity contribution >= 4 is 28.7 Å². The molecular formula is C17H32INO3. The highest BCUT2D eigenvalue weighted by molar-refractivity contribution is 14.1. The van der Waals surface area contributed by atoms with Gasteiger partial charge in [0.05, 0.1) is 18.2 Å². The van der Waals surface area contributed by atoms with E-state index >= 15 is 0 Å². The second-order valence-corrected chi connectivity index (χ2v) is 8.22. The highest BCUT2D eigenvalue weighted by atomic mass is 127. The fraction of sp³-hybridized carbons (Fsp3) is 0.941. The summed E-state index contributed by atoms with van der Waals surface area (Å²) in [6.45, 7) is 11.0. The molecule has 0 radical (unpaired) electrons. The van der Waals surface area contributed by atoms with Gasteiger partial charge in [-0.15, -0.1) is 0 Å². The Bertz CT molecular complexity index is 350. The summed E-state index contributed by atoms with van der Waals surface area (Å²) in [5, 5.41) is 0. The van der Waals surface area contributed by atoms with Crippen LogP contribution in [0, 0.1) is 0 Å². The number of nitrogens with zero attached hydrogens (tertiary/aromatic N) is 1. The SMILES string of the molecule is CCN(CC(C)(CI)OC1CCCCC1)C(=O)OC(C)(C)C. The molecule has 1 atom stereocenters. The van der Waals surface area contributed by atoms with Gasteiger partial charge < -0.3 is 14.4 Å². The number of hydrogen-bond donors (Lipinski definition) is 0. The van der Waals surface area contributed by atoms with Crippen LogP contribution in [0.4, 0.5) is 4.79 Å². The maximum Gasteiger partial charge on any atom is 0.410 e. The van der Waals surface area contributed by atoms with Crippen molar-refractivity contribution in [1.82, 2.24) is 4.90 Å². The second kappa shape index (κ2) is 8.71. The van der Waals surface area contributed by atoms with Gasteiger partial charge in [0.15, 0.2) is 0 Å². The van der Waals surface area contributed by atoms with Crippen molar-refractivity contribution in [2.45, 2.75) is 84.0 Å². The monoisotopic (exact) mass is 425 g/mol. The molecule has 4 nitrogen and oxygen atoms in total. The summed E-state index contributed by atoms with van der Waals surface area (Å²) in [7, 11) is 0. The normalized spacial score (nSPS) is 19.5.